The van der Waals surface area contributed by atoms with E-state index in [1.807, 2.05) is 0 Å². The van der Waals surface area contributed by atoms with Crippen LogP contribution in [0.4, 0.5) is 14.5 Å². The Labute approximate surface area is 158 Å². The molecule has 0 saturated heterocycles. The van der Waals surface area contributed by atoms with Gasteiger partial charge in [-0.25, -0.2) is 0 Å². The summed E-state index contributed by atoms with van der Waals surface area (Å²) in [5.41, 5.74) is 0.285. The molecule has 1 N–H and O–H groups in total. The lowest BCUT2D eigenvalue weighted by atomic mass is 10.1. The minimum absolute atomic E-state index is 0.00427. The minimum atomic E-state index is -3.03. The first-order valence-electron chi connectivity index (χ1n) is 7.71. The van der Waals surface area contributed by atoms with E-state index in [0.29, 0.717) is 5.56 Å². The largest absolute Gasteiger partial charge is 0.545 e. The van der Waals surface area contributed by atoms with Gasteiger partial charge in [0, 0.05) is 5.69 Å². The normalized spacial score (nSPS) is 10.9. The van der Waals surface area contributed by atoms with E-state index in [9.17, 15) is 28.7 Å². The molecule has 28 heavy (non-hydrogen) atoms. The van der Waals surface area contributed by atoms with Gasteiger partial charge in [0.05, 0.1) is 13.1 Å². The van der Waals surface area contributed by atoms with E-state index < -0.39 is 18.5 Å². The van der Waals surface area contributed by atoms with Gasteiger partial charge in [-0.2, -0.15) is 14.0 Å². The number of nitriles is 1. The van der Waals surface area contributed by atoms with E-state index in [1.54, 1.807) is 6.07 Å². The molecular weight excluding hydrogens is 374 g/mol. The first kappa shape index (κ1) is 20.4. The van der Waals surface area contributed by atoms with Crippen LogP contribution in [-0.4, -0.2) is 25.6 Å². The van der Waals surface area contributed by atoms with Gasteiger partial charge in [-0.1, -0.05) is 18.2 Å². The number of nitrogens with zero attached hydrogens (tertiary/aromatic N) is 1. The number of amides is 1. The molecule has 0 bridgehead atoms. The van der Waals surface area contributed by atoms with E-state index in [1.165, 1.54) is 55.7 Å². The summed E-state index contributed by atoms with van der Waals surface area (Å²) >= 11 is 0. The van der Waals surface area contributed by atoms with Crippen molar-refractivity contribution in [2.45, 2.75) is 6.61 Å². The number of anilines is 1. The second kappa shape index (κ2) is 9.14. The number of methoxy groups -OCH3 is 1. The molecule has 0 aliphatic rings. The molecule has 1 amide bonds. The zero-order chi connectivity index (χ0) is 20.7. The molecule has 0 fully saturated rings. The summed E-state index contributed by atoms with van der Waals surface area (Å²) in [5, 5.41) is 22.4. The monoisotopic (exact) mass is 387 g/mol. The summed E-state index contributed by atoms with van der Waals surface area (Å²) in [4.78, 5) is 23.0. The zero-order valence-corrected chi connectivity index (χ0v) is 14.4. The molecule has 7 nitrogen and oxygen atoms in total. The van der Waals surface area contributed by atoms with Crippen molar-refractivity contribution in [2.24, 2.45) is 0 Å². The number of carbonyl (C=O) groups excluding carboxylic acids is 2. The molecule has 0 radical (unpaired) electrons. The van der Waals surface area contributed by atoms with Gasteiger partial charge in [0.1, 0.15) is 11.6 Å². The molecule has 0 atom stereocenters. The number of carboxylic acids is 1. The second-order valence-corrected chi connectivity index (χ2v) is 5.28. The number of alkyl halides is 2. The first-order chi connectivity index (χ1) is 13.3. The maximum atomic E-state index is 12.4. The molecule has 9 heteroatoms. The quantitative estimate of drug-likeness (QED) is 0.576. The summed E-state index contributed by atoms with van der Waals surface area (Å²) in [6.45, 7) is -3.03. The van der Waals surface area contributed by atoms with Crippen molar-refractivity contribution >= 4 is 23.6 Å². The Morgan fingerprint density at radius 3 is 2.39 bits per heavy atom. The van der Waals surface area contributed by atoms with Gasteiger partial charge in [-0.3, -0.25) is 4.79 Å². The SMILES string of the molecule is COc1cc(/C=C(\C#N)C(=O)Nc2ccc(C(=O)[O-])cc2)ccc1OC(F)F. The fourth-order valence-electron chi connectivity index (χ4n) is 2.17. The molecule has 0 unspecified atom stereocenters. The highest BCUT2D eigenvalue weighted by Crippen LogP contribution is 2.30. The van der Waals surface area contributed by atoms with Crippen LogP contribution >= 0.6 is 0 Å². The van der Waals surface area contributed by atoms with Gasteiger partial charge in [0.15, 0.2) is 11.5 Å². The Kier molecular flexibility index (Phi) is 6.65. The number of rotatable bonds is 7. The second-order valence-electron chi connectivity index (χ2n) is 5.28. The van der Waals surface area contributed by atoms with E-state index in [0.717, 1.165) is 0 Å². The maximum Gasteiger partial charge on any atom is 0.387 e. The molecule has 0 spiro atoms. The number of hydrogen-bond acceptors (Lipinski definition) is 6. The standard InChI is InChI=1S/C19H14F2N2O5/c1-27-16-9-11(2-7-15(16)28-19(20)21)8-13(10-22)17(24)23-14-5-3-12(4-6-14)18(25)26/h2-9,19H,1H3,(H,23,24)(H,25,26)/p-1/b13-8+. The van der Waals surface area contributed by atoms with Crippen LogP contribution in [0, 0.1) is 11.3 Å². The van der Waals surface area contributed by atoms with Crippen LogP contribution in [0.1, 0.15) is 15.9 Å². The van der Waals surface area contributed by atoms with Crippen LogP contribution in [0.2, 0.25) is 0 Å². The van der Waals surface area contributed by atoms with Gasteiger partial charge >= 0.3 is 6.61 Å². The third-order valence-corrected chi connectivity index (χ3v) is 3.46. The van der Waals surface area contributed by atoms with Gasteiger partial charge in [-0.15, -0.1) is 0 Å². The Morgan fingerprint density at radius 2 is 1.86 bits per heavy atom. The summed E-state index contributed by atoms with van der Waals surface area (Å²) in [5.74, 6) is -2.28. The lowest BCUT2D eigenvalue weighted by Crippen LogP contribution is -2.22. The number of halogens is 2. The Hall–Kier alpha value is -3.93. The molecule has 2 rings (SSSR count). The van der Waals surface area contributed by atoms with Crippen LogP contribution in [0.25, 0.3) is 6.08 Å². The number of hydrogen-bond donors (Lipinski definition) is 1. The van der Waals surface area contributed by atoms with Crippen molar-refractivity contribution in [3.63, 3.8) is 0 Å². The fraction of sp³-hybridized carbons (Fsp3) is 0.105. The minimum Gasteiger partial charge on any atom is -0.545 e. The first-order valence-corrected chi connectivity index (χ1v) is 7.71. The summed E-state index contributed by atoms with van der Waals surface area (Å²) in [7, 11) is 1.26. The van der Waals surface area contributed by atoms with Crippen LogP contribution in [0.15, 0.2) is 48.0 Å². The van der Waals surface area contributed by atoms with E-state index in [4.69, 9.17) is 4.74 Å². The summed E-state index contributed by atoms with van der Waals surface area (Å²) < 4.78 is 34.0. The van der Waals surface area contributed by atoms with Crippen molar-refractivity contribution in [1.29, 1.82) is 5.26 Å². The molecule has 0 heterocycles. The molecule has 2 aromatic rings. The van der Waals surface area contributed by atoms with Crippen molar-refractivity contribution in [1.82, 2.24) is 0 Å². The summed E-state index contributed by atoms with van der Waals surface area (Å²) in [6, 6.07) is 10.8. The fourth-order valence-corrected chi connectivity index (χ4v) is 2.17. The van der Waals surface area contributed by atoms with Crippen LogP contribution in [-0.2, 0) is 4.79 Å². The van der Waals surface area contributed by atoms with Gasteiger partial charge in [0.25, 0.3) is 5.91 Å². The highest BCUT2D eigenvalue weighted by Gasteiger charge is 2.13. The Balaban J connectivity index is 2.21. The number of benzene rings is 2. The van der Waals surface area contributed by atoms with Crippen molar-refractivity contribution in [3.05, 3.63) is 59.2 Å². The predicted octanol–water partition coefficient (Wildman–Crippen LogP) is 2.21. The predicted molar refractivity (Wildman–Crippen MR) is 92.6 cm³/mol. The highest BCUT2D eigenvalue weighted by molar-refractivity contribution is 6.09. The molecule has 0 aliphatic carbocycles. The van der Waals surface area contributed by atoms with E-state index in [-0.39, 0.29) is 28.3 Å². The van der Waals surface area contributed by atoms with Crippen LogP contribution < -0.4 is 19.9 Å². The van der Waals surface area contributed by atoms with E-state index in [2.05, 4.69) is 10.1 Å². The number of aromatic carboxylic acids is 1. The molecular formula is C19H13F2N2O5-. The number of carbonyl (C=O) groups is 2. The van der Waals surface area contributed by atoms with Gasteiger partial charge < -0.3 is 24.7 Å². The lowest BCUT2D eigenvalue weighted by Gasteiger charge is -2.10. The van der Waals surface area contributed by atoms with Crippen molar-refractivity contribution in [3.8, 4) is 17.6 Å². The average Bonchev–Trinajstić information content (AvgIpc) is 2.66. The van der Waals surface area contributed by atoms with Gasteiger partial charge in [-0.05, 0) is 41.5 Å². The Bertz CT molecular complexity index is 950. The highest BCUT2D eigenvalue weighted by atomic mass is 19.3. The van der Waals surface area contributed by atoms with Crippen molar-refractivity contribution < 1.29 is 33.0 Å². The van der Waals surface area contributed by atoms with Gasteiger partial charge in [0.2, 0.25) is 0 Å². The smallest absolute Gasteiger partial charge is 0.387 e. The lowest BCUT2D eigenvalue weighted by molar-refractivity contribution is -0.255. The molecule has 0 aliphatic heterocycles. The van der Waals surface area contributed by atoms with Crippen LogP contribution in [0.5, 0.6) is 11.5 Å². The molecule has 144 valence electrons. The topological polar surface area (TPSA) is 111 Å². The van der Waals surface area contributed by atoms with E-state index >= 15 is 0 Å². The van der Waals surface area contributed by atoms with Crippen LogP contribution in [0.3, 0.4) is 0 Å². The zero-order valence-electron chi connectivity index (χ0n) is 14.4. The molecule has 0 saturated carbocycles. The Morgan fingerprint density at radius 1 is 1.18 bits per heavy atom. The average molecular weight is 387 g/mol. The third-order valence-electron chi connectivity index (χ3n) is 3.46. The number of ether oxygens (including phenoxy) is 2. The number of carboxylic acid groups (broad SMARTS) is 1. The maximum absolute atomic E-state index is 12.4. The molecule has 2 aromatic carbocycles. The third kappa shape index (κ3) is 5.28. The summed E-state index contributed by atoms with van der Waals surface area (Å²) in [6.07, 6.45) is 1.24. The number of nitrogens with one attached hydrogen (secondary N) is 1. The van der Waals surface area contributed by atoms with Crippen molar-refractivity contribution in [2.75, 3.05) is 12.4 Å². The molecule has 0 aromatic heterocycles.